The van der Waals surface area contributed by atoms with Crippen LogP contribution in [0.15, 0.2) is 72.8 Å². The molecule has 0 radical (unpaired) electrons. The summed E-state index contributed by atoms with van der Waals surface area (Å²) in [6.45, 7) is 12.2. The fraction of sp³-hybridized carbons (Fsp3) is 0.333. The van der Waals surface area contributed by atoms with Crippen molar-refractivity contribution in [2.75, 3.05) is 0 Å². The molecule has 1 aromatic heterocycles. The lowest BCUT2D eigenvalue weighted by Crippen LogP contribution is -2.55. The van der Waals surface area contributed by atoms with Gasteiger partial charge in [0.25, 0.3) is 5.91 Å². The molecule has 5 rings (SSSR count). The third-order valence-corrected chi connectivity index (χ3v) is 7.61. The third kappa shape index (κ3) is 4.51. The number of hydrogen-bond acceptors (Lipinski definition) is 2. The van der Waals surface area contributed by atoms with Gasteiger partial charge in [-0.1, -0.05) is 86.5 Å². The largest absolute Gasteiger partial charge is 0.354 e. The van der Waals surface area contributed by atoms with E-state index in [0.29, 0.717) is 5.56 Å². The fourth-order valence-corrected chi connectivity index (χ4v) is 5.64. The van der Waals surface area contributed by atoms with E-state index >= 15 is 0 Å². The SMILES string of the molecule is CCC(C)C(C(=O)NC(C)(C)C)N1C(=O)c2ccccc2C1c1c(-c2ccc(C)cc2)[nH]c2ccccc12. The zero-order chi connectivity index (χ0) is 27.2. The van der Waals surface area contributed by atoms with Crippen LogP contribution in [0.3, 0.4) is 0 Å². The van der Waals surface area contributed by atoms with E-state index in [1.165, 1.54) is 5.56 Å². The molecular weight excluding hydrogens is 470 g/mol. The Balaban J connectivity index is 1.78. The first-order valence-corrected chi connectivity index (χ1v) is 13.5. The van der Waals surface area contributed by atoms with Crippen molar-refractivity contribution in [3.05, 3.63) is 95.1 Å². The number of benzene rings is 3. The van der Waals surface area contributed by atoms with Gasteiger partial charge >= 0.3 is 0 Å². The monoisotopic (exact) mass is 507 g/mol. The third-order valence-electron chi connectivity index (χ3n) is 7.61. The average Bonchev–Trinajstić information content (AvgIpc) is 3.39. The summed E-state index contributed by atoms with van der Waals surface area (Å²) in [5.74, 6) is -0.249. The average molecular weight is 508 g/mol. The molecule has 2 amide bonds. The second kappa shape index (κ2) is 9.79. The first kappa shape index (κ1) is 25.8. The quantitative estimate of drug-likeness (QED) is 0.295. The summed E-state index contributed by atoms with van der Waals surface area (Å²) in [5, 5.41) is 4.23. The highest BCUT2D eigenvalue weighted by atomic mass is 16.2. The molecule has 2 heterocycles. The molecule has 196 valence electrons. The van der Waals surface area contributed by atoms with E-state index in [-0.39, 0.29) is 17.7 Å². The molecule has 0 aliphatic carbocycles. The van der Waals surface area contributed by atoms with E-state index < -0.39 is 17.6 Å². The first-order chi connectivity index (χ1) is 18.1. The van der Waals surface area contributed by atoms with Gasteiger partial charge in [0, 0.05) is 27.6 Å². The predicted octanol–water partition coefficient (Wildman–Crippen LogP) is 7.02. The van der Waals surface area contributed by atoms with Crippen LogP contribution in [0.4, 0.5) is 0 Å². The molecule has 3 unspecified atom stereocenters. The van der Waals surface area contributed by atoms with Crippen LogP contribution < -0.4 is 5.32 Å². The number of nitrogens with one attached hydrogen (secondary N) is 2. The van der Waals surface area contributed by atoms with Gasteiger partial charge in [-0.15, -0.1) is 0 Å². The zero-order valence-electron chi connectivity index (χ0n) is 23.1. The van der Waals surface area contributed by atoms with E-state index in [1.807, 2.05) is 62.1 Å². The van der Waals surface area contributed by atoms with E-state index in [9.17, 15) is 9.59 Å². The van der Waals surface area contributed by atoms with Crippen LogP contribution in [-0.2, 0) is 4.79 Å². The van der Waals surface area contributed by atoms with Crippen molar-refractivity contribution in [1.82, 2.24) is 15.2 Å². The number of aromatic amines is 1. The van der Waals surface area contributed by atoms with Gasteiger partial charge in [0.15, 0.2) is 0 Å². The van der Waals surface area contributed by atoms with Gasteiger partial charge in [-0.3, -0.25) is 9.59 Å². The number of rotatable bonds is 6. The van der Waals surface area contributed by atoms with Crippen LogP contribution in [0.25, 0.3) is 22.2 Å². The number of aromatic nitrogens is 1. The van der Waals surface area contributed by atoms with E-state index in [4.69, 9.17) is 0 Å². The number of hydrogen-bond donors (Lipinski definition) is 2. The summed E-state index contributed by atoms with van der Waals surface area (Å²) in [6, 6.07) is 23.5. The fourth-order valence-electron chi connectivity index (χ4n) is 5.64. The predicted molar refractivity (Wildman–Crippen MR) is 154 cm³/mol. The van der Waals surface area contributed by atoms with Gasteiger partial charge in [-0.05, 0) is 56.9 Å². The summed E-state index contributed by atoms with van der Waals surface area (Å²) >= 11 is 0. The Kier molecular flexibility index (Phi) is 6.64. The van der Waals surface area contributed by atoms with Crippen molar-refractivity contribution < 1.29 is 9.59 Å². The Labute approximate surface area is 225 Å². The molecule has 0 spiro atoms. The van der Waals surface area contributed by atoms with Gasteiger partial charge < -0.3 is 15.2 Å². The molecule has 5 nitrogen and oxygen atoms in total. The number of nitrogens with zero attached hydrogens (tertiary/aromatic N) is 1. The van der Waals surface area contributed by atoms with Gasteiger partial charge in [0.2, 0.25) is 5.91 Å². The lowest BCUT2D eigenvalue weighted by atomic mass is 9.90. The second-order valence-corrected chi connectivity index (χ2v) is 11.6. The van der Waals surface area contributed by atoms with Crippen LogP contribution >= 0.6 is 0 Å². The van der Waals surface area contributed by atoms with Crippen molar-refractivity contribution in [3.63, 3.8) is 0 Å². The molecule has 0 saturated heterocycles. The number of aryl methyl sites for hydroxylation is 1. The second-order valence-electron chi connectivity index (χ2n) is 11.6. The first-order valence-electron chi connectivity index (χ1n) is 13.5. The molecule has 3 aromatic carbocycles. The Morgan fingerprint density at radius 3 is 2.34 bits per heavy atom. The van der Waals surface area contributed by atoms with Gasteiger partial charge in [-0.2, -0.15) is 0 Å². The van der Waals surface area contributed by atoms with Crippen LogP contribution in [0.2, 0.25) is 0 Å². The van der Waals surface area contributed by atoms with Gasteiger partial charge in [0.05, 0.1) is 11.7 Å². The number of para-hydroxylation sites is 1. The summed E-state index contributed by atoms with van der Waals surface area (Å²) in [4.78, 5) is 33.6. The number of amides is 2. The normalized spacial score (nSPS) is 16.9. The molecule has 0 saturated carbocycles. The summed E-state index contributed by atoms with van der Waals surface area (Å²) < 4.78 is 0. The van der Waals surface area contributed by atoms with Crippen molar-refractivity contribution in [3.8, 4) is 11.3 Å². The Hall–Kier alpha value is -3.86. The lowest BCUT2D eigenvalue weighted by Gasteiger charge is -2.38. The highest BCUT2D eigenvalue weighted by molar-refractivity contribution is 6.04. The molecule has 5 heteroatoms. The minimum Gasteiger partial charge on any atom is -0.354 e. The maximum Gasteiger partial charge on any atom is 0.255 e. The van der Waals surface area contributed by atoms with E-state index in [1.54, 1.807) is 0 Å². The number of carbonyl (C=O) groups is 2. The molecule has 1 aliphatic rings. The molecule has 0 bridgehead atoms. The van der Waals surface area contributed by atoms with Gasteiger partial charge in [-0.25, -0.2) is 0 Å². The van der Waals surface area contributed by atoms with Crippen LogP contribution in [0, 0.1) is 12.8 Å². The standard InChI is InChI=1S/C33H37N3O2/c1-7-21(3)29(31(37)35-33(4,5)6)36-30(23-12-8-9-13-24(23)32(36)38)27-25-14-10-11-15-26(25)34-28(27)22-18-16-20(2)17-19-22/h8-19,21,29-30,34H,7H2,1-6H3,(H,35,37). The van der Waals surface area contributed by atoms with Crippen LogP contribution in [0.1, 0.15) is 74.1 Å². The van der Waals surface area contributed by atoms with Gasteiger partial charge in [0.1, 0.15) is 6.04 Å². The Bertz CT molecular complexity index is 1490. The van der Waals surface area contributed by atoms with Crippen molar-refractivity contribution in [2.24, 2.45) is 5.92 Å². The molecule has 4 aromatic rings. The van der Waals surface area contributed by atoms with Crippen molar-refractivity contribution >= 4 is 22.7 Å². The maximum absolute atomic E-state index is 14.2. The minimum absolute atomic E-state index is 0.0360. The Morgan fingerprint density at radius 1 is 1.00 bits per heavy atom. The smallest absolute Gasteiger partial charge is 0.255 e. The molecular formula is C33H37N3O2. The van der Waals surface area contributed by atoms with Crippen LogP contribution in [0.5, 0.6) is 0 Å². The number of fused-ring (bicyclic) bond motifs is 2. The summed E-state index contributed by atoms with van der Waals surface area (Å²) in [5.41, 5.74) is 6.44. The molecule has 3 atom stereocenters. The lowest BCUT2D eigenvalue weighted by molar-refractivity contribution is -0.129. The number of H-pyrrole nitrogens is 1. The van der Waals surface area contributed by atoms with Crippen LogP contribution in [-0.4, -0.2) is 33.3 Å². The summed E-state index contributed by atoms with van der Waals surface area (Å²) in [7, 11) is 0. The Morgan fingerprint density at radius 2 is 1.66 bits per heavy atom. The summed E-state index contributed by atoms with van der Waals surface area (Å²) in [6.07, 6.45) is 0.772. The minimum atomic E-state index is -0.622. The molecule has 38 heavy (non-hydrogen) atoms. The van der Waals surface area contributed by atoms with Crippen molar-refractivity contribution in [1.29, 1.82) is 0 Å². The highest BCUT2D eigenvalue weighted by Crippen LogP contribution is 2.47. The topological polar surface area (TPSA) is 65.2 Å². The maximum atomic E-state index is 14.2. The van der Waals surface area contributed by atoms with E-state index in [2.05, 4.69) is 67.5 Å². The van der Waals surface area contributed by atoms with Crippen molar-refractivity contribution in [2.45, 2.75) is 65.6 Å². The molecule has 2 N–H and O–H groups in total. The molecule has 1 aliphatic heterocycles. The van der Waals surface area contributed by atoms with E-state index in [0.717, 1.165) is 39.7 Å². The number of carbonyl (C=O) groups excluding carboxylic acids is 2. The zero-order valence-corrected chi connectivity index (χ0v) is 23.1. The molecule has 0 fully saturated rings. The highest BCUT2D eigenvalue weighted by Gasteiger charge is 2.47.